The number of pyridine rings is 1. The molecule has 0 saturated carbocycles. The van der Waals surface area contributed by atoms with E-state index < -0.39 is 0 Å². The van der Waals surface area contributed by atoms with Crippen LogP contribution in [0.5, 0.6) is 0 Å². The van der Waals surface area contributed by atoms with Gasteiger partial charge in [0.05, 0.1) is 15.9 Å². The molecule has 0 amide bonds. The Balaban J connectivity index is 0.000000924. The summed E-state index contributed by atoms with van der Waals surface area (Å²) in [6.07, 6.45) is 8.16. The van der Waals surface area contributed by atoms with E-state index in [1.54, 1.807) is 17.4 Å². The van der Waals surface area contributed by atoms with Gasteiger partial charge in [0.25, 0.3) is 5.56 Å². The number of nitrogens with one attached hydrogen (secondary N) is 2. The number of hydrogen-bond donors (Lipinski definition) is 3. The second-order valence-corrected chi connectivity index (χ2v) is 6.36. The van der Waals surface area contributed by atoms with Gasteiger partial charge in [-0.25, -0.2) is 0 Å². The zero-order chi connectivity index (χ0) is 16.8. The highest BCUT2D eigenvalue weighted by molar-refractivity contribution is 7.19. The summed E-state index contributed by atoms with van der Waals surface area (Å²) in [4.78, 5) is 16.1. The van der Waals surface area contributed by atoms with Gasteiger partial charge in [-0.05, 0) is 37.4 Å². The number of fused-ring (bicyclic) bond motifs is 1. The molecule has 0 bridgehead atoms. The van der Waals surface area contributed by atoms with Gasteiger partial charge in [0.2, 0.25) is 0 Å². The predicted molar refractivity (Wildman–Crippen MR) is 102 cm³/mol. The van der Waals surface area contributed by atoms with Crippen LogP contribution in [-0.2, 0) is 6.42 Å². The molecule has 0 radical (unpaired) electrons. The van der Waals surface area contributed by atoms with Gasteiger partial charge in [-0.3, -0.25) is 4.79 Å². The highest BCUT2D eigenvalue weighted by Crippen LogP contribution is 2.33. The van der Waals surface area contributed by atoms with Gasteiger partial charge in [-0.1, -0.05) is 32.1 Å². The number of H-pyrrole nitrogens is 1. The molecule has 0 saturated heterocycles. The van der Waals surface area contributed by atoms with Gasteiger partial charge in [-0.2, -0.15) is 0 Å². The fraction of sp³-hybridized carbons (Fsp3) is 0.389. The number of aryl methyl sites for hydroxylation is 1. The number of anilines is 1. The Bertz CT molecular complexity index is 783. The van der Waals surface area contributed by atoms with Gasteiger partial charge in [0.1, 0.15) is 0 Å². The molecule has 0 aliphatic heterocycles. The van der Waals surface area contributed by atoms with Crippen LogP contribution in [0.1, 0.15) is 30.7 Å². The first kappa shape index (κ1) is 17.5. The molecule has 0 aromatic carbocycles. The van der Waals surface area contributed by atoms with Crippen molar-refractivity contribution in [3.8, 4) is 0 Å². The first-order valence-electron chi connectivity index (χ1n) is 8.13. The van der Waals surface area contributed by atoms with Crippen LogP contribution in [0.2, 0.25) is 0 Å². The van der Waals surface area contributed by atoms with Crippen LogP contribution in [-0.4, -0.2) is 18.1 Å². The Kier molecular flexibility index (Phi) is 6.19. The van der Waals surface area contributed by atoms with Crippen LogP contribution < -0.4 is 16.6 Å². The van der Waals surface area contributed by atoms with Crippen molar-refractivity contribution in [2.75, 3.05) is 18.4 Å². The van der Waals surface area contributed by atoms with E-state index in [2.05, 4.69) is 28.5 Å². The number of aromatic amines is 1. The summed E-state index contributed by atoms with van der Waals surface area (Å²) in [7, 11) is 0. The summed E-state index contributed by atoms with van der Waals surface area (Å²) in [5, 5.41) is 3.40. The van der Waals surface area contributed by atoms with Crippen molar-refractivity contribution in [2.24, 2.45) is 5.73 Å². The van der Waals surface area contributed by atoms with Crippen molar-refractivity contribution in [1.29, 1.82) is 0 Å². The minimum absolute atomic E-state index is 0.0660. The Morgan fingerprint density at radius 3 is 2.83 bits per heavy atom. The first-order valence-corrected chi connectivity index (χ1v) is 8.94. The lowest BCUT2D eigenvalue weighted by molar-refractivity contribution is 0.981. The molecule has 0 atom stereocenters. The van der Waals surface area contributed by atoms with Gasteiger partial charge < -0.3 is 16.0 Å². The Morgan fingerprint density at radius 1 is 1.39 bits per heavy atom. The van der Waals surface area contributed by atoms with E-state index in [1.165, 1.54) is 10.5 Å². The molecule has 0 unspecified atom stereocenters. The van der Waals surface area contributed by atoms with Crippen molar-refractivity contribution in [1.82, 2.24) is 4.98 Å². The molecule has 1 aliphatic rings. The van der Waals surface area contributed by atoms with Crippen molar-refractivity contribution in [2.45, 2.75) is 33.6 Å². The summed E-state index contributed by atoms with van der Waals surface area (Å²) < 4.78 is 1.11. The van der Waals surface area contributed by atoms with Gasteiger partial charge in [-0.15, -0.1) is 11.3 Å². The monoisotopic (exact) mass is 331 g/mol. The largest absolute Gasteiger partial charge is 0.380 e. The molecule has 5 heteroatoms. The van der Waals surface area contributed by atoms with E-state index in [0.717, 1.165) is 40.9 Å². The van der Waals surface area contributed by atoms with Crippen LogP contribution in [0.15, 0.2) is 34.7 Å². The quantitative estimate of drug-likeness (QED) is 0.782. The fourth-order valence-corrected chi connectivity index (χ4v) is 3.86. The summed E-state index contributed by atoms with van der Waals surface area (Å²) in [5.41, 5.74) is 9.93. The molecule has 23 heavy (non-hydrogen) atoms. The standard InChI is InChI=1S/C16H19N3OS.C2H6/c1-10-13(6-7-17)21-16-12(8-14(20)19-15(10)16)18-9-11-4-2-3-5-11;1-2/h2-4,8H,5-7,9,17H2,1H3,(H2,18,19,20);1-2H3. The first-order chi connectivity index (χ1) is 11.2. The van der Waals surface area contributed by atoms with Crippen LogP contribution >= 0.6 is 11.3 Å². The van der Waals surface area contributed by atoms with Crippen molar-refractivity contribution in [3.63, 3.8) is 0 Å². The normalized spacial score (nSPS) is 13.0. The maximum absolute atomic E-state index is 11.9. The van der Waals surface area contributed by atoms with Gasteiger partial charge >= 0.3 is 0 Å². The number of hydrogen-bond acceptors (Lipinski definition) is 4. The van der Waals surface area contributed by atoms with Crippen LogP contribution in [0.3, 0.4) is 0 Å². The highest BCUT2D eigenvalue weighted by Gasteiger charge is 2.13. The average Bonchev–Trinajstić information content (AvgIpc) is 3.18. The number of aromatic nitrogens is 1. The lowest BCUT2D eigenvalue weighted by Gasteiger charge is -2.08. The summed E-state index contributed by atoms with van der Waals surface area (Å²) in [6, 6.07) is 1.65. The Morgan fingerprint density at radius 2 is 2.17 bits per heavy atom. The second kappa shape index (κ2) is 8.13. The Labute approximate surface area is 141 Å². The van der Waals surface area contributed by atoms with Crippen molar-refractivity contribution in [3.05, 3.63) is 50.7 Å². The number of rotatable bonds is 5. The van der Waals surface area contributed by atoms with Gasteiger partial charge in [0, 0.05) is 17.5 Å². The fourth-order valence-electron chi connectivity index (χ4n) is 2.59. The zero-order valence-corrected chi connectivity index (χ0v) is 14.8. The van der Waals surface area contributed by atoms with E-state index in [4.69, 9.17) is 5.73 Å². The van der Waals surface area contributed by atoms with Crippen LogP contribution in [0.25, 0.3) is 10.2 Å². The maximum Gasteiger partial charge on any atom is 0.250 e. The third-order valence-electron chi connectivity index (χ3n) is 3.74. The molecule has 3 rings (SSSR count). The molecule has 4 nitrogen and oxygen atoms in total. The molecule has 2 heterocycles. The van der Waals surface area contributed by atoms with Crippen molar-refractivity contribution < 1.29 is 0 Å². The molecule has 4 N–H and O–H groups in total. The van der Waals surface area contributed by atoms with Crippen molar-refractivity contribution >= 4 is 27.2 Å². The number of allylic oxidation sites excluding steroid dienone is 3. The number of nitrogens with two attached hydrogens (primary N) is 1. The number of thiophene rings is 1. The van der Waals surface area contributed by atoms with E-state index in [-0.39, 0.29) is 5.56 Å². The molecule has 0 fully saturated rings. The minimum atomic E-state index is -0.0660. The lowest BCUT2D eigenvalue weighted by Crippen LogP contribution is -2.09. The summed E-state index contributed by atoms with van der Waals surface area (Å²) in [5.74, 6) is 0. The van der Waals surface area contributed by atoms with E-state index in [9.17, 15) is 4.79 Å². The average molecular weight is 331 g/mol. The second-order valence-electron chi connectivity index (χ2n) is 5.25. The topological polar surface area (TPSA) is 70.9 Å². The summed E-state index contributed by atoms with van der Waals surface area (Å²) >= 11 is 1.72. The maximum atomic E-state index is 11.9. The predicted octanol–water partition coefficient (Wildman–Crippen LogP) is 3.72. The van der Waals surface area contributed by atoms with E-state index in [1.807, 2.05) is 20.8 Å². The molecule has 124 valence electrons. The van der Waals surface area contributed by atoms with E-state index in [0.29, 0.717) is 6.54 Å². The molecule has 0 spiro atoms. The molecular weight excluding hydrogens is 306 g/mol. The van der Waals surface area contributed by atoms with E-state index >= 15 is 0 Å². The SMILES string of the molecule is CC.Cc1c(CCN)sc2c(NCC3=CC=CC3)cc(=O)[nH]c12. The summed E-state index contributed by atoms with van der Waals surface area (Å²) in [6.45, 7) is 7.45. The molecule has 2 aromatic heterocycles. The molecular formula is C18H25N3OS. The molecule has 2 aromatic rings. The smallest absolute Gasteiger partial charge is 0.250 e. The zero-order valence-electron chi connectivity index (χ0n) is 14.0. The molecule has 1 aliphatic carbocycles. The lowest BCUT2D eigenvalue weighted by atomic mass is 10.2. The van der Waals surface area contributed by atoms with Gasteiger partial charge in [0.15, 0.2) is 0 Å². The third-order valence-corrected chi connectivity index (χ3v) is 5.12. The minimum Gasteiger partial charge on any atom is -0.380 e. The Hall–Kier alpha value is -1.85. The van der Waals surface area contributed by atoms with Crippen LogP contribution in [0, 0.1) is 6.92 Å². The van der Waals surface area contributed by atoms with Crippen LogP contribution in [0.4, 0.5) is 5.69 Å². The highest BCUT2D eigenvalue weighted by atomic mass is 32.1. The third kappa shape index (κ3) is 3.92.